The van der Waals surface area contributed by atoms with Crippen LogP contribution in [0.25, 0.3) is 11.0 Å². The first-order valence-corrected chi connectivity index (χ1v) is 8.50. The molecule has 144 valence electrons. The van der Waals surface area contributed by atoms with Gasteiger partial charge in [-0.15, -0.1) is 0 Å². The molecule has 0 amide bonds. The molecule has 7 nitrogen and oxygen atoms in total. The predicted molar refractivity (Wildman–Crippen MR) is 97.1 cm³/mol. The van der Waals surface area contributed by atoms with Crippen LogP contribution in [-0.2, 0) is 13.1 Å². The smallest absolute Gasteiger partial charge is 0.257 e. The molecule has 0 unspecified atom stereocenters. The molecule has 0 bridgehead atoms. The first kappa shape index (κ1) is 18.0. The molecule has 3 aromatic heterocycles. The van der Waals surface area contributed by atoms with Gasteiger partial charge in [-0.05, 0) is 24.1 Å². The normalized spacial score (nSPS) is 11.5. The van der Waals surface area contributed by atoms with Crippen LogP contribution in [0.1, 0.15) is 11.1 Å². The second-order valence-corrected chi connectivity index (χ2v) is 6.27. The van der Waals surface area contributed by atoms with E-state index in [1.807, 2.05) is 6.07 Å². The zero-order chi connectivity index (χ0) is 19.7. The molecular weight excluding hydrogens is 371 g/mol. The number of anilines is 2. The average molecular weight is 387 g/mol. The molecule has 0 aliphatic carbocycles. The first-order valence-electron chi connectivity index (χ1n) is 8.50. The van der Waals surface area contributed by atoms with Crippen molar-refractivity contribution >= 4 is 22.7 Å². The average Bonchev–Trinajstić information content (AvgIpc) is 3.25. The maximum absolute atomic E-state index is 13.8. The number of nitrogens with one attached hydrogen (secondary N) is 1. The third kappa shape index (κ3) is 3.66. The molecule has 0 fully saturated rings. The van der Waals surface area contributed by atoms with Gasteiger partial charge in [-0.25, -0.2) is 22.8 Å². The minimum Gasteiger partial charge on any atom is -0.321 e. The minimum atomic E-state index is -2.49. The number of nitrogens with zero attached hydrogens (tertiary/aromatic N) is 6. The molecule has 0 spiro atoms. The molecule has 0 saturated carbocycles. The van der Waals surface area contributed by atoms with Crippen molar-refractivity contribution < 1.29 is 13.2 Å². The van der Waals surface area contributed by atoms with E-state index in [0.29, 0.717) is 23.4 Å². The monoisotopic (exact) mass is 387 g/mol. The van der Waals surface area contributed by atoms with Crippen LogP contribution in [0.2, 0.25) is 0 Å². The molecule has 3 heterocycles. The van der Waals surface area contributed by atoms with Crippen molar-refractivity contribution in [3.63, 3.8) is 0 Å². The molecule has 0 saturated heterocycles. The second kappa shape index (κ2) is 7.29. The van der Waals surface area contributed by atoms with Crippen LogP contribution in [0.15, 0.2) is 43.0 Å². The van der Waals surface area contributed by atoms with E-state index in [4.69, 9.17) is 0 Å². The quantitative estimate of drug-likeness (QED) is 0.548. The summed E-state index contributed by atoms with van der Waals surface area (Å²) in [7, 11) is 0. The van der Waals surface area contributed by atoms with Crippen molar-refractivity contribution in [2.45, 2.75) is 26.4 Å². The van der Waals surface area contributed by atoms with Crippen molar-refractivity contribution in [3.8, 4) is 0 Å². The van der Waals surface area contributed by atoms with Crippen LogP contribution in [-0.4, -0.2) is 36.0 Å². The zero-order valence-electron chi connectivity index (χ0n) is 14.9. The number of alkyl halides is 2. The number of fused-ring (bicyclic) bond motifs is 1. The number of rotatable bonds is 6. The Bertz CT molecular complexity index is 1120. The van der Waals surface area contributed by atoms with Gasteiger partial charge >= 0.3 is 0 Å². The molecule has 0 atom stereocenters. The van der Waals surface area contributed by atoms with E-state index in [9.17, 15) is 13.2 Å². The van der Waals surface area contributed by atoms with Gasteiger partial charge in [0.15, 0.2) is 5.65 Å². The number of aromatic nitrogens is 6. The van der Waals surface area contributed by atoms with Gasteiger partial charge in [0.1, 0.15) is 12.4 Å². The highest BCUT2D eigenvalue weighted by molar-refractivity contribution is 5.75. The topological polar surface area (TPSA) is 73.5 Å². The van der Waals surface area contributed by atoms with E-state index in [2.05, 4.69) is 25.5 Å². The summed E-state index contributed by atoms with van der Waals surface area (Å²) in [6, 6.07) is 4.91. The summed E-state index contributed by atoms with van der Waals surface area (Å²) in [5, 5.41) is 11.8. The van der Waals surface area contributed by atoms with Gasteiger partial charge in [0, 0.05) is 12.4 Å². The summed E-state index contributed by atoms with van der Waals surface area (Å²) in [5.74, 6) is 0.00793. The summed E-state index contributed by atoms with van der Waals surface area (Å²) in [6.45, 7) is 1.59. The summed E-state index contributed by atoms with van der Waals surface area (Å²) in [6.07, 6.45) is 3.63. The van der Waals surface area contributed by atoms with Crippen molar-refractivity contribution in [3.05, 3.63) is 59.9 Å². The minimum absolute atomic E-state index is 0.272. The Kier molecular flexibility index (Phi) is 4.68. The fourth-order valence-electron chi connectivity index (χ4n) is 2.83. The summed E-state index contributed by atoms with van der Waals surface area (Å²) in [5.41, 5.74) is 2.42. The summed E-state index contributed by atoms with van der Waals surface area (Å²) < 4.78 is 41.5. The van der Waals surface area contributed by atoms with Crippen molar-refractivity contribution in [1.29, 1.82) is 0 Å². The van der Waals surface area contributed by atoms with E-state index in [1.54, 1.807) is 30.1 Å². The van der Waals surface area contributed by atoms with E-state index in [1.165, 1.54) is 18.5 Å². The highest BCUT2D eigenvalue weighted by atomic mass is 19.3. The van der Waals surface area contributed by atoms with Crippen LogP contribution in [0.3, 0.4) is 0 Å². The number of hydrogen-bond acceptors (Lipinski definition) is 5. The SMILES string of the molecule is Cc1c(F)cccc1Cn1ncc2cnc(Nc3cnn(CC(F)F)c3)nc21. The molecule has 10 heteroatoms. The Morgan fingerprint density at radius 1 is 1.14 bits per heavy atom. The highest BCUT2D eigenvalue weighted by Crippen LogP contribution is 2.19. The van der Waals surface area contributed by atoms with Crippen LogP contribution in [0, 0.1) is 12.7 Å². The zero-order valence-corrected chi connectivity index (χ0v) is 14.9. The molecule has 0 radical (unpaired) electrons. The molecule has 0 aliphatic rings. The van der Waals surface area contributed by atoms with Gasteiger partial charge in [-0.2, -0.15) is 15.2 Å². The third-order valence-electron chi connectivity index (χ3n) is 4.29. The Morgan fingerprint density at radius 2 is 2.00 bits per heavy atom. The summed E-state index contributed by atoms with van der Waals surface area (Å²) >= 11 is 0. The van der Waals surface area contributed by atoms with Gasteiger partial charge in [0.05, 0.1) is 30.0 Å². The van der Waals surface area contributed by atoms with Gasteiger partial charge in [0.25, 0.3) is 6.43 Å². The van der Waals surface area contributed by atoms with Gasteiger partial charge in [-0.3, -0.25) is 4.68 Å². The van der Waals surface area contributed by atoms with Crippen molar-refractivity contribution in [1.82, 2.24) is 29.5 Å². The molecule has 28 heavy (non-hydrogen) atoms. The Hall–Kier alpha value is -3.43. The Morgan fingerprint density at radius 3 is 2.82 bits per heavy atom. The maximum Gasteiger partial charge on any atom is 0.257 e. The fourth-order valence-corrected chi connectivity index (χ4v) is 2.83. The lowest BCUT2D eigenvalue weighted by molar-refractivity contribution is 0.122. The molecule has 4 aromatic rings. The van der Waals surface area contributed by atoms with Crippen LogP contribution < -0.4 is 5.32 Å². The lowest BCUT2D eigenvalue weighted by Crippen LogP contribution is -2.07. The Labute approximate surface area is 157 Å². The number of hydrogen-bond donors (Lipinski definition) is 1. The molecule has 1 N–H and O–H groups in total. The third-order valence-corrected chi connectivity index (χ3v) is 4.29. The first-order chi connectivity index (χ1) is 13.5. The lowest BCUT2D eigenvalue weighted by Gasteiger charge is -2.08. The van der Waals surface area contributed by atoms with Crippen molar-refractivity contribution in [2.24, 2.45) is 0 Å². The Balaban J connectivity index is 1.59. The lowest BCUT2D eigenvalue weighted by atomic mass is 10.1. The van der Waals surface area contributed by atoms with Crippen LogP contribution in [0.4, 0.5) is 24.8 Å². The van der Waals surface area contributed by atoms with E-state index in [-0.39, 0.29) is 11.8 Å². The fraction of sp³-hybridized carbons (Fsp3) is 0.222. The predicted octanol–water partition coefficient (Wildman–Crippen LogP) is 3.53. The van der Waals surface area contributed by atoms with Gasteiger partial charge in [-0.1, -0.05) is 12.1 Å². The highest BCUT2D eigenvalue weighted by Gasteiger charge is 2.11. The van der Waals surface area contributed by atoms with E-state index >= 15 is 0 Å². The molecule has 4 rings (SSSR count). The summed E-state index contributed by atoms with van der Waals surface area (Å²) in [4.78, 5) is 8.65. The van der Waals surface area contributed by atoms with Crippen LogP contribution in [0.5, 0.6) is 0 Å². The van der Waals surface area contributed by atoms with Gasteiger partial charge < -0.3 is 5.32 Å². The number of halogens is 3. The molecular formula is C18H16F3N7. The standard InChI is InChI=1S/C18H16F3N7/c1-11-12(3-2-4-15(11)19)8-28-17-13(6-24-28)5-22-18(26-17)25-14-7-23-27(9-14)10-16(20)21/h2-7,9,16H,8,10H2,1H3,(H,22,25,26). The van der Waals surface area contributed by atoms with Crippen LogP contribution >= 0.6 is 0 Å². The van der Waals surface area contributed by atoms with E-state index < -0.39 is 13.0 Å². The largest absolute Gasteiger partial charge is 0.321 e. The molecule has 1 aromatic carbocycles. The van der Waals surface area contributed by atoms with Crippen molar-refractivity contribution in [2.75, 3.05) is 5.32 Å². The van der Waals surface area contributed by atoms with Gasteiger partial charge in [0.2, 0.25) is 5.95 Å². The maximum atomic E-state index is 13.8. The number of benzene rings is 1. The molecule has 0 aliphatic heterocycles. The van der Waals surface area contributed by atoms with E-state index in [0.717, 1.165) is 15.6 Å². The second-order valence-electron chi connectivity index (χ2n) is 6.27.